The third-order valence-electron chi connectivity index (χ3n) is 4.30. The molecule has 0 aromatic heterocycles. The Balaban J connectivity index is 2.07. The highest BCUT2D eigenvalue weighted by molar-refractivity contribution is 7.99. The van der Waals surface area contributed by atoms with Crippen LogP contribution in [0.5, 0.6) is 0 Å². The summed E-state index contributed by atoms with van der Waals surface area (Å²) < 4.78 is 27.1. The molecule has 1 N–H and O–H groups in total. The second-order valence-electron chi connectivity index (χ2n) is 7.07. The summed E-state index contributed by atoms with van der Waals surface area (Å²) in [6.07, 6.45) is 0. The van der Waals surface area contributed by atoms with Crippen LogP contribution in [0.4, 0.5) is 8.78 Å². The highest BCUT2D eigenvalue weighted by Crippen LogP contribution is 2.17. The van der Waals surface area contributed by atoms with Gasteiger partial charge in [-0.1, -0.05) is 30.3 Å². The molecule has 0 spiro atoms. The summed E-state index contributed by atoms with van der Waals surface area (Å²) in [7, 11) is 0. The molecule has 0 fully saturated rings. The Labute approximate surface area is 174 Å². The molecular formula is C22H26F2N2O2S. The van der Waals surface area contributed by atoms with E-state index in [2.05, 4.69) is 5.32 Å². The fraction of sp³-hybridized carbons (Fsp3) is 0.364. The van der Waals surface area contributed by atoms with Crippen molar-refractivity contribution in [2.24, 2.45) is 0 Å². The SMILES string of the molecule is CC(C)NC(=O)[C@H](C)N(Cc1ccccc1F)C(=O)CSCc1ccc(F)cc1. The molecule has 0 unspecified atom stereocenters. The minimum atomic E-state index is -0.740. The number of nitrogens with zero attached hydrogens (tertiary/aromatic N) is 1. The van der Waals surface area contributed by atoms with Crippen LogP contribution >= 0.6 is 11.8 Å². The highest BCUT2D eigenvalue weighted by Gasteiger charge is 2.27. The topological polar surface area (TPSA) is 49.4 Å². The Morgan fingerprint density at radius 1 is 1.03 bits per heavy atom. The van der Waals surface area contributed by atoms with Crippen LogP contribution in [-0.2, 0) is 21.9 Å². The Hall–Kier alpha value is -2.41. The highest BCUT2D eigenvalue weighted by atomic mass is 32.2. The fourth-order valence-electron chi connectivity index (χ4n) is 2.72. The van der Waals surface area contributed by atoms with E-state index in [4.69, 9.17) is 0 Å². The van der Waals surface area contributed by atoms with Crippen molar-refractivity contribution in [1.82, 2.24) is 10.2 Å². The van der Waals surface area contributed by atoms with Gasteiger partial charge in [-0.3, -0.25) is 9.59 Å². The zero-order chi connectivity index (χ0) is 21.4. The lowest BCUT2D eigenvalue weighted by Gasteiger charge is -2.29. The minimum absolute atomic E-state index is 0.00922. The van der Waals surface area contributed by atoms with Crippen LogP contribution in [0.25, 0.3) is 0 Å². The molecule has 4 nitrogen and oxygen atoms in total. The molecule has 0 bridgehead atoms. The van der Waals surface area contributed by atoms with Crippen molar-refractivity contribution in [2.45, 2.75) is 45.2 Å². The quantitative estimate of drug-likeness (QED) is 0.663. The Kier molecular flexibility index (Phi) is 8.64. The van der Waals surface area contributed by atoms with Crippen LogP contribution in [0.15, 0.2) is 48.5 Å². The number of carbonyl (C=O) groups excluding carboxylic acids is 2. The number of rotatable bonds is 9. The van der Waals surface area contributed by atoms with E-state index in [1.165, 1.54) is 34.9 Å². The number of amides is 2. The summed E-state index contributed by atoms with van der Waals surface area (Å²) in [5, 5.41) is 2.80. The molecular weight excluding hydrogens is 394 g/mol. The van der Waals surface area contributed by atoms with Gasteiger partial charge in [-0.15, -0.1) is 11.8 Å². The van der Waals surface area contributed by atoms with Crippen molar-refractivity contribution in [3.63, 3.8) is 0 Å². The van der Waals surface area contributed by atoms with Crippen molar-refractivity contribution < 1.29 is 18.4 Å². The molecule has 0 aliphatic heterocycles. The van der Waals surface area contributed by atoms with E-state index in [0.29, 0.717) is 11.3 Å². The van der Waals surface area contributed by atoms with Crippen molar-refractivity contribution >= 4 is 23.6 Å². The second kappa shape index (κ2) is 11.0. The summed E-state index contributed by atoms with van der Waals surface area (Å²) in [5.41, 5.74) is 1.25. The predicted octanol–water partition coefficient (Wildman–Crippen LogP) is 4.14. The Bertz CT molecular complexity index is 828. The van der Waals surface area contributed by atoms with Gasteiger partial charge in [-0.25, -0.2) is 8.78 Å². The van der Waals surface area contributed by atoms with Gasteiger partial charge >= 0.3 is 0 Å². The average molecular weight is 421 g/mol. The molecule has 0 saturated carbocycles. The second-order valence-corrected chi connectivity index (χ2v) is 8.06. The summed E-state index contributed by atoms with van der Waals surface area (Å²) in [6.45, 7) is 5.33. The molecule has 0 aliphatic carbocycles. The first kappa shape index (κ1) is 22.9. The van der Waals surface area contributed by atoms with Crippen LogP contribution < -0.4 is 5.32 Å². The van der Waals surface area contributed by atoms with Crippen LogP contribution in [0.2, 0.25) is 0 Å². The largest absolute Gasteiger partial charge is 0.352 e. The van der Waals surface area contributed by atoms with Gasteiger partial charge in [0, 0.05) is 23.9 Å². The van der Waals surface area contributed by atoms with E-state index < -0.39 is 11.9 Å². The number of carbonyl (C=O) groups is 2. The Morgan fingerprint density at radius 2 is 1.69 bits per heavy atom. The number of thioether (sulfide) groups is 1. The maximum absolute atomic E-state index is 14.1. The standard InChI is InChI=1S/C22H26F2N2O2S/c1-15(2)25-22(28)16(3)26(12-18-6-4-5-7-20(18)24)21(27)14-29-13-17-8-10-19(23)11-9-17/h4-11,15-16H,12-14H2,1-3H3,(H,25,28)/t16-/m0/s1. The zero-order valence-electron chi connectivity index (χ0n) is 16.8. The predicted molar refractivity (Wildman–Crippen MR) is 112 cm³/mol. The van der Waals surface area contributed by atoms with Gasteiger partial charge in [0.1, 0.15) is 17.7 Å². The molecule has 2 amide bonds. The number of hydrogen-bond acceptors (Lipinski definition) is 3. The minimum Gasteiger partial charge on any atom is -0.352 e. The molecule has 2 rings (SSSR count). The number of nitrogens with one attached hydrogen (secondary N) is 1. The summed E-state index contributed by atoms with van der Waals surface area (Å²) in [6, 6.07) is 11.5. The van der Waals surface area contributed by atoms with E-state index in [0.717, 1.165) is 5.56 Å². The number of benzene rings is 2. The first-order chi connectivity index (χ1) is 13.8. The van der Waals surface area contributed by atoms with E-state index >= 15 is 0 Å². The molecule has 2 aromatic rings. The molecule has 2 aromatic carbocycles. The number of halogens is 2. The van der Waals surface area contributed by atoms with Crippen molar-refractivity contribution in [2.75, 3.05) is 5.75 Å². The lowest BCUT2D eigenvalue weighted by atomic mass is 10.1. The summed E-state index contributed by atoms with van der Waals surface area (Å²) in [5.74, 6) is -0.603. The molecule has 156 valence electrons. The third-order valence-corrected chi connectivity index (χ3v) is 5.29. The smallest absolute Gasteiger partial charge is 0.242 e. The van der Waals surface area contributed by atoms with Crippen LogP contribution in [-0.4, -0.2) is 34.6 Å². The lowest BCUT2D eigenvalue weighted by Crippen LogP contribution is -2.49. The summed E-state index contributed by atoms with van der Waals surface area (Å²) >= 11 is 1.37. The molecule has 7 heteroatoms. The van der Waals surface area contributed by atoms with Crippen molar-refractivity contribution in [1.29, 1.82) is 0 Å². The molecule has 29 heavy (non-hydrogen) atoms. The molecule has 0 saturated heterocycles. The Morgan fingerprint density at radius 3 is 2.31 bits per heavy atom. The molecule has 0 aliphatic rings. The maximum atomic E-state index is 14.1. The third kappa shape index (κ3) is 7.16. The van der Waals surface area contributed by atoms with Crippen LogP contribution in [0.3, 0.4) is 0 Å². The van der Waals surface area contributed by atoms with Gasteiger partial charge in [-0.05, 0) is 44.5 Å². The lowest BCUT2D eigenvalue weighted by molar-refractivity contribution is -0.138. The fourth-order valence-corrected chi connectivity index (χ4v) is 3.59. The summed E-state index contributed by atoms with van der Waals surface area (Å²) in [4.78, 5) is 26.7. The van der Waals surface area contributed by atoms with Gasteiger partial charge in [0.15, 0.2) is 0 Å². The van der Waals surface area contributed by atoms with Crippen molar-refractivity contribution in [3.8, 4) is 0 Å². The van der Waals surface area contributed by atoms with Gasteiger partial charge in [-0.2, -0.15) is 0 Å². The molecule has 0 radical (unpaired) electrons. The zero-order valence-corrected chi connectivity index (χ0v) is 17.6. The van der Waals surface area contributed by atoms with Crippen LogP contribution in [0.1, 0.15) is 31.9 Å². The van der Waals surface area contributed by atoms with Crippen LogP contribution in [0, 0.1) is 11.6 Å². The monoisotopic (exact) mass is 420 g/mol. The van der Waals surface area contributed by atoms with Gasteiger partial charge in [0.2, 0.25) is 11.8 Å². The normalized spacial score (nSPS) is 11.9. The molecule has 0 heterocycles. The van der Waals surface area contributed by atoms with Crippen molar-refractivity contribution in [3.05, 3.63) is 71.3 Å². The maximum Gasteiger partial charge on any atom is 0.242 e. The van der Waals surface area contributed by atoms with E-state index in [1.54, 1.807) is 37.3 Å². The molecule has 1 atom stereocenters. The number of hydrogen-bond donors (Lipinski definition) is 1. The van der Waals surface area contributed by atoms with Gasteiger partial charge in [0.05, 0.1) is 5.75 Å². The van der Waals surface area contributed by atoms with Gasteiger partial charge in [0.25, 0.3) is 0 Å². The van der Waals surface area contributed by atoms with E-state index in [1.807, 2.05) is 13.8 Å². The van der Waals surface area contributed by atoms with E-state index in [-0.39, 0.29) is 36.0 Å². The van der Waals surface area contributed by atoms with E-state index in [9.17, 15) is 18.4 Å². The first-order valence-corrected chi connectivity index (χ1v) is 10.6. The average Bonchev–Trinajstić information content (AvgIpc) is 2.67. The first-order valence-electron chi connectivity index (χ1n) is 9.43. The van der Waals surface area contributed by atoms with Gasteiger partial charge < -0.3 is 10.2 Å².